The number of aryl methyl sites for hydroxylation is 2. The van der Waals surface area contributed by atoms with Crippen molar-refractivity contribution in [3.05, 3.63) is 192 Å². The molecule has 3 nitrogen and oxygen atoms in total. The highest BCUT2D eigenvalue weighted by Crippen LogP contribution is 2.53. The summed E-state index contributed by atoms with van der Waals surface area (Å²) in [5, 5.41) is 4.08. The van der Waals surface area contributed by atoms with Gasteiger partial charge in [0.1, 0.15) is 0 Å². The fourth-order valence-corrected chi connectivity index (χ4v) is 13.0. The molecule has 0 N–H and O–H groups in total. The van der Waals surface area contributed by atoms with Crippen molar-refractivity contribution in [2.45, 2.75) is 65.2 Å². The first-order chi connectivity index (χ1) is 31.6. The lowest BCUT2D eigenvalue weighted by Gasteiger charge is -2.42. The normalized spacial score (nSPS) is 15.3. The van der Waals surface area contributed by atoms with Gasteiger partial charge >= 0.3 is 6.85 Å². The third-order valence-corrected chi connectivity index (χ3v) is 16.4. The molecular formula is C60H50BN3S. The van der Waals surface area contributed by atoms with E-state index in [-0.39, 0.29) is 17.7 Å². The number of thiophene rings is 1. The number of fused-ring (bicyclic) bond motifs is 11. The van der Waals surface area contributed by atoms with E-state index >= 15 is 0 Å². The summed E-state index contributed by atoms with van der Waals surface area (Å²) in [6, 6.07) is 63.9. The first-order valence-electron chi connectivity index (χ1n) is 23.3. The fourth-order valence-electron chi connectivity index (χ4n) is 11.8. The Hall–Kier alpha value is -6.82. The molecule has 314 valence electrons. The Balaban J connectivity index is 1.18. The summed E-state index contributed by atoms with van der Waals surface area (Å²) in [7, 11) is 0. The molecule has 5 heteroatoms. The maximum Gasteiger partial charge on any atom is 0.343 e. The van der Waals surface area contributed by atoms with Crippen molar-refractivity contribution in [2.75, 3.05) is 9.71 Å². The maximum atomic E-state index is 2.73. The molecule has 0 fully saturated rings. The van der Waals surface area contributed by atoms with Gasteiger partial charge in [-0.15, -0.1) is 11.3 Å². The molecular weight excluding hydrogens is 806 g/mol. The molecule has 13 rings (SSSR count). The Morgan fingerprint density at radius 1 is 0.569 bits per heavy atom. The Kier molecular flexibility index (Phi) is 8.23. The number of nitrogens with zero attached hydrogens (tertiary/aromatic N) is 3. The predicted molar refractivity (Wildman–Crippen MR) is 280 cm³/mol. The Bertz CT molecular complexity index is 3530. The lowest BCUT2D eigenvalue weighted by molar-refractivity contribution is 0.332. The molecule has 10 aromatic rings. The van der Waals surface area contributed by atoms with Crippen LogP contribution in [0.25, 0.3) is 59.8 Å². The molecule has 0 radical (unpaired) electrons. The van der Waals surface area contributed by atoms with Crippen LogP contribution in [0, 0.1) is 13.8 Å². The van der Waals surface area contributed by atoms with Gasteiger partial charge in [-0.25, -0.2) is 0 Å². The minimum absolute atomic E-state index is 0.0626. The number of rotatable bonds is 5. The van der Waals surface area contributed by atoms with E-state index in [1.165, 1.54) is 117 Å². The van der Waals surface area contributed by atoms with E-state index in [1.54, 1.807) is 0 Å². The van der Waals surface area contributed by atoms with Crippen molar-refractivity contribution < 1.29 is 0 Å². The molecule has 3 aliphatic rings. The number of hydrogen-bond acceptors (Lipinski definition) is 3. The molecule has 2 aliphatic heterocycles. The lowest BCUT2D eigenvalue weighted by Crippen LogP contribution is -2.59. The quantitative estimate of drug-likeness (QED) is 0.160. The van der Waals surface area contributed by atoms with Crippen LogP contribution in [0.4, 0.5) is 28.4 Å². The monoisotopic (exact) mass is 855 g/mol. The van der Waals surface area contributed by atoms with Gasteiger partial charge in [-0.05, 0) is 149 Å². The summed E-state index contributed by atoms with van der Waals surface area (Å²) < 4.78 is 5.43. The summed E-state index contributed by atoms with van der Waals surface area (Å²) in [6.07, 6.45) is 2.37. The van der Waals surface area contributed by atoms with Crippen molar-refractivity contribution in [1.82, 2.24) is 4.57 Å². The summed E-state index contributed by atoms with van der Waals surface area (Å²) >= 11 is 1.98. The first-order valence-corrected chi connectivity index (χ1v) is 24.1. The third-order valence-electron chi connectivity index (χ3n) is 15.2. The van der Waals surface area contributed by atoms with E-state index in [0.717, 1.165) is 17.1 Å². The van der Waals surface area contributed by atoms with Gasteiger partial charge in [0.15, 0.2) is 0 Å². The third kappa shape index (κ3) is 5.61. The zero-order valence-electron chi connectivity index (χ0n) is 37.9. The minimum Gasteiger partial charge on any atom is -0.376 e. The van der Waals surface area contributed by atoms with Crippen molar-refractivity contribution >= 4 is 88.8 Å². The van der Waals surface area contributed by atoms with Crippen LogP contribution in [0.3, 0.4) is 0 Å². The molecule has 4 heterocycles. The van der Waals surface area contributed by atoms with E-state index in [1.807, 2.05) is 11.3 Å². The zero-order valence-corrected chi connectivity index (χ0v) is 38.7. The number of anilines is 5. The van der Waals surface area contributed by atoms with Crippen LogP contribution < -0.4 is 20.0 Å². The van der Waals surface area contributed by atoms with Crippen LogP contribution in [-0.4, -0.2) is 11.4 Å². The highest BCUT2D eigenvalue weighted by atomic mass is 32.1. The summed E-state index contributed by atoms with van der Waals surface area (Å²) in [4.78, 5) is 5.09. The molecule has 0 atom stereocenters. The van der Waals surface area contributed by atoms with E-state index in [9.17, 15) is 0 Å². The smallest absolute Gasteiger partial charge is 0.343 e. The molecule has 0 amide bonds. The van der Waals surface area contributed by atoms with E-state index in [2.05, 4.69) is 226 Å². The van der Waals surface area contributed by atoms with Crippen LogP contribution in [0.15, 0.2) is 170 Å². The summed E-state index contributed by atoms with van der Waals surface area (Å²) in [5.41, 5.74) is 22.1. The minimum atomic E-state index is -0.0626. The second-order valence-electron chi connectivity index (χ2n) is 20.1. The molecule has 2 aromatic heterocycles. The zero-order chi connectivity index (χ0) is 43.9. The van der Waals surface area contributed by atoms with Gasteiger partial charge in [0, 0.05) is 59.6 Å². The van der Waals surface area contributed by atoms with E-state index < -0.39 is 0 Å². The van der Waals surface area contributed by atoms with Gasteiger partial charge in [0.05, 0.1) is 16.7 Å². The number of para-hydroxylation sites is 2. The number of hydrogen-bond donors (Lipinski definition) is 0. The molecule has 0 saturated heterocycles. The SMILES string of the molecule is Cc1ccc(N2B3c4sc5ccc(-c6ccccc6)cc5c4-n4c5cc6c(cc5c5c(C)cc(c3c54)-c3ccc(N(c4ccccc4)c4ccccc4)cc32)C(C)(C)CCC6(C)C)cc1. The highest BCUT2D eigenvalue weighted by Gasteiger charge is 2.47. The first kappa shape index (κ1) is 38.6. The van der Waals surface area contributed by atoms with Gasteiger partial charge in [-0.2, -0.15) is 0 Å². The number of aromatic nitrogens is 1. The average Bonchev–Trinajstić information content (AvgIpc) is 3.87. The van der Waals surface area contributed by atoms with Gasteiger partial charge in [0.2, 0.25) is 0 Å². The fraction of sp³-hybridized carbons (Fsp3) is 0.167. The van der Waals surface area contributed by atoms with Crippen molar-refractivity contribution in [3.63, 3.8) is 0 Å². The molecule has 0 spiro atoms. The van der Waals surface area contributed by atoms with Gasteiger partial charge in [0.25, 0.3) is 0 Å². The van der Waals surface area contributed by atoms with Crippen LogP contribution in [0.2, 0.25) is 0 Å². The van der Waals surface area contributed by atoms with Crippen molar-refractivity contribution in [1.29, 1.82) is 0 Å². The molecule has 0 bridgehead atoms. The second kappa shape index (κ2) is 13.8. The van der Waals surface area contributed by atoms with Crippen molar-refractivity contribution in [3.8, 4) is 27.9 Å². The van der Waals surface area contributed by atoms with Crippen molar-refractivity contribution in [2.24, 2.45) is 0 Å². The summed E-state index contributed by atoms with van der Waals surface area (Å²) in [5.74, 6) is 0. The largest absolute Gasteiger partial charge is 0.376 e. The van der Waals surface area contributed by atoms with E-state index in [0.29, 0.717) is 0 Å². The second-order valence-corrected chi connectivity index (χ2v) is 21.2. The Morgan fingerprint density at radius 3 is 1.89 bits per heavy atom. The van der Waals surface area contributed by atoms with Crippen LogP contribution in [0.1, 0.15) is 62.8 Å². The Morgan fingerprint density at radius 2 is 1.22 bits per heavy atom. The highest BCUT2D eigenvalue weighted by molar-refractivity contribution is 7.32. The molecule has 8 aromatic carbocycles. The van der Waals surface area contributed by atoms with Gasteiger partial charge in [-0.1, -0.05) is 130 Å². The molecule has 65 heavy (non-hydrogen) atoms. The predicted octanol–water partition coefficient (Wildman–Crippen LogP) is 15.3. The molecule has 0 unspecified atom stereocenters. The van der Waals surface area contributed by atoms with Gasteiger partial charge < -0.3 is 14.3 Å². The lowest BCUT2D eigenvalue weighted by atomic mass is 9.47. The summed E-state index contributed by atoms with van der Waals surface area (Å²) in [6.45, 7) is 14.4. The number of benzene rings is 8. The van der Waals surface area contributed by atoms with Crippen LogP contribution in [-0.2, 0) is 10.8 Å². The molecule has 0 saturated carbocycles. The van der Waals surface area contributed by atoms with E-state index in [4.69, 9.17) is 0 Å². The molecule has 1 aliphatic carbocycles. The standard InChI is InChI=1S/C60H50BN3S/c1-37-22-25-43(26-23-37)64-52-34-44(62(41-18-12-8-13-19-41)42-20-14-9-15-21-42)27-28-45(52)46-32-38(2)54-47-35-49-50(60(5,6)31-30-59(49,3)4)36-51(47)63-56-48-33-40(39-16-10-7-11-17-39)24-29-53(48)65-58(56)61(64)55(46)57(54)63/h7-29,32-36H,30-31H2,1-6H3. The average molecular weight is 856 g/mol. The van der Waals surface area contributed by atoms with Crippen LogP contribution >= 0.6 is 11.3 Å². The maximum absolute atomic E-state index is 2.73. The van der Waals surface area contributed by atoms with Crippen LogP contribution in [0.5, 0.6) is 0 Å². The topological polar surface area (TPSA) is 11.4 Å². The Labute approximate surface area is 386 Å². The van der Waals surface area contributed by atoms with Gasteiger partial charge in [-0.3, -0.25) is 0 Å².